The topological polar surface area (TPSA) is 58.4 Å². The Morgan fingerprint density at radius 3 is 2.92 bits per heavy atom. The summed E-state index contributed by atoms with van der Waals surface area (Å²) in [4.78, 5) is 14.0. The summed E-state index contributed by atoms with van der Waals surface area (Å²) in [6.45, 7) is 0.813. The van der Waals surface area contributed by atoms with Crippen LogP contribution in [0.1, 0.15) is 25.0 Å². The Balaban J connectivity index is 1.35. The van der Waals surface area contributed by atoms with Crippen molar-refractivity contribution in [1.29, 1.82) is 0 Å². The van der Waals surface area contributed by atoms with Crippen molar-refractivity contribution in [2.75, 3.05) is 25.2 Å². The third-order valence-corrected chi connectivity index (χ3v) is 5.38. The van der Waals surface area contributed by atoms with Crippen molar-refractivity contribution in [2.45, 2.75) is 31.7 Å². The van der Waals surface area contributed by atoms with Gasteiger partial charge in [-0.1, -0.05) is 41.9 Å². The second-order valence-corrected chi connectivity index (χ2v) is 7.42. The minimum absolute atomic E-state index is 0.000556. The van der Waals surface area contributed by atoms with Crippen LogP contribution in [0, 0.1) is 0 Å². The molecule has 1 aliphatic heterocycles. The number of thioether (sulfide) groups is 1. The monoisotopic (exact) mass is 359 g/mol. The van der Waals surface area contributed by atoms with Gasteiger partial charge in [0.15, 0.2) is 0 Å². The third-order valence-electron chi connectivity index (χ3n) is 4.44. The summed E-state index contributed by atoms with van der Waals surface area (Å²) < 4.78 is 5.43. The van der Waals surface area contributed by atoms with Gasteiger partial charge in [-0.25, -0.2) is 0 Å². The predicted molar refractivity (Wildman–Crippen MR) is 101 cm³/mol. The van der Waals surface area contributed by atoms with E-state index in [-0.39, 0.29) is 11.9 Å². The van der Waals surface area contributed by atoms with Gasteiger partial charge >= 0.3 is 0 Å². The molecule has 1 aromatic heterocycles. The first-order valence-corrected chi connectivity index (χ1v) is 9.96. The van der Waals surface area contributed by atoms with Crippen molar-refractivity contribution in [3.05, 3.63) is 42.2 Å². The number of benzene rings is 1. The number of nitrogens with one attached hydrogen (secondary N) is 1. The van der Waals surface area contributed by atoms with Crippen molar-refractivity contribution < 1.29 is 9.32 Å². The average Bonchev–Trinajstić information content (AvgIpc) is 3.33. The first kappa shape index (κ1) is 18.0. The predicted octanol–water partition coefficient (Wildman–Crippen LogP) is 3.18. The van der Waals surface area contributed by atoms with E-state index in [4.69, 9.17) is 4.52 Å². The van der Waals surface area contributed by atoms with E-state index >= 15 is 0 Å². The van der Waals surface area contributed by atoms with Crippen LogP contribution in [-0.2, 0) is 11.2 Å². The Hall–Kier alpha value is -1.79. The van der Waals surface area contributed by atoms with Gasteiger partial charge in [-0.2, -0.15) is 0 Å². The van der Waals surface area contributed by atoms with Crippen LogP contribution in [0.3, 0.4) is 0 Å². The Labute approximate surface area is 153 Å². The van der Waals surface area contributed by atoms with Crippen LogP contribution in [0.25, 0.3) is 11.3 Å². The van der Waals surface area contributed by atoms with Crippen LogP contribution in [0.5, 0.6) is 0 Å². The number of unbranched alkanes of at least 4 members (excludes halogenated alkanes) is 2. The summed E-state index contributed by atoms with van der Waals surface area (Å²) >= 11 is 1.78. The van der Waals surface area contributed by atoms with Crippen molar-refractivity contribution in [3.63, 3.8) is 0 Å². The van der Waals surface area contributed by atoms with Gasteiger partial charge < -0.3 is 9.42 Å². The molecule has 6 heteroatoms. The lowest BCUT2D eigenvalue weighted by Crippen LogP contribution is -2.43. The fourth-order valence-corrected chi connectivity index (χ4v) is 3.86. The molecule has 2 aromatic rings. The summed E-state index contributed by atoms with van der Waals surface area (Å²) in [6, 6.07) is 12.1. The number of amides is 1. The van der Waals surface area contributed by atoms with Crippen molar-refractivity contribution in [2.24, 2.45) is 0 Å². The minimum atomic E-state index is 0.000556. The quantitative estimate of drug-likeness (QED) is 0.734. The molecule has 25 heavy (non-hydrogen) atoms. The molecule has 0 bridgehead atoms. The van der Waals surface area contributed by atoms with E-state index in [2.05, 4.69) is 10.5 Å². The van der Waals surface area contributed by atoms with E-state index < -0.39 is 0 Å². The molecule has 134 valence electrons. The molecule has 1 aromatic carbocycles. The summed E-state index contributed by atoms with van der Waals surface area (Å²) in [5.74, 6) is 2.91. The highest BCUT2D eigenvalue weighted by Gasteiger charge is 2.24. The van der Waals surface area contributed by atoms with Crippen LogP contribution >= 0.6 is 11.8 Å². The van der Waals surface area contributed by atoms with Gasteiger partial charge in [0, 0.05) is 43.3 Å². The summed E-state index contributed by atoms with van der Waals surface area (Å²) in [5.41, 5.74) is 1.97. The Kier molecular flexibility index (Phi) is 6.53. The molecular weight excluding hydrogens is 334 g/mol. The maximum Gasteiger partial charge on any atom is 0.240 e. The zero-order chi connectivity index (χ0) is 17.5. The minimum Gasteiger partial charge on any atom is -0.361 e. The normalized spacial score (nSPS) is 16.9. The fraction of sp³-hybridized carbons (Fsp3) is 0.474. The Morgan fingerprint density at radius 1 is 1.32 bits per heavy atom. The number of carbonyl (C=O) groups is 1. The maximum atomic E-state index is 12.2. The van der Waals surface area contributed by atoms with Gasteiger partial charge in [0.1, 0.15) is 11.5 Å². The molecule has 2 heterocycles. The van der Waals surface area contributed by atoms with Crippen LogP contribution in [0.2, 0.25) is 0 Å². The number of hydrogen-bond donors (Lipinski definition) is 1. The van der Waals surface area contributed by atoms with Gasteiger partial charge in [0.25, 0.3) is 0 Å². The maximum absolute atomic E-state index is 12.2. The van der Waals surface area contributed by atoms with E-state index in [0.717, 1.165) is 60.9 Å². The molecule has 1 amide bonds. The molecule has 0 spiro atoms. The van der Waals surface area contributed by atoms with E-state index in [9.17, 15) is 4.79 Å². The molecule has 1 atom stereocenters. The SMILES string of the molecule is CN(CCCCCc1cc(-c2ccccc2)no1)C(=O)C1CSCN1. The molecule has 1 fully saturated rings. The molecule has 1 aliphatic rings. The van der Waals surface area contributed by atoms with Gasteiger partial charge in [0.05, 0.1) is 6.04 Å². The highest BCUT2D eigenvalue weighted by molar-refractivity contribution is 7.99. The molecule has 0 aliphatic carbocycles. The standard InChI is InChI=1S/C19H25N3O2S/c1-22(19(23)18-13-25-14-20-18)11-7-3-6-10-16-12-17(21-24-16)15-8-4-2-5-9-15/h2,4-5,8-9,12,18,20H,3,6-7,10-11,13-14H2,1H3. The largest absolute Gasteiger partial charge is 0.361 e. The number of rotatable bonds is 8. The summed E-state index contributed by atoms with van der Waals surface area (Å²) in [7, 11) is 1.90. The zero-order valence-corrected chi connectivity index (χ0v) is 15.4. The molecule has 0 radical (unpaired) electrons. The summed E-state index contributed by atoms with van der Waals surface area (Å²) in [5, 5.41) is 7.37. The highest BCUT2D eigenvalue weighted by atomic mass is 32.2. The van der Waals surface area contributed by atoms with Crippen LogP contribution in [0.4, 0.5) is 0 Å². The third kappa shape index (κ3) is 5.09. The van der Waals surface area contributed by atoms with E-state index in [0.29, 0.717) is 0 Å². The lowest BCUT2D eigenvalue weighted by atomic mass is 10.1. The first-order valence-electron chi connectivity index (χ1n) is 8.81. The van der Waals surface area contributed by atoms with Gasteiger partial charge in [-0.15, -0.1) is 11.8 Å². The Bertz CT molecular complexity index is 668. The lowest BCUT2D eigenvalue weighted by Gasteiger charge is -2.20. The number of hydrogen-bond acceptors (Lipinski definition) is 5. The zero-order valence-electron chi connectivity index (χ0n) is 14.6. The number of nitrogens with zero attached hydrogens (tertiary/aromatic N) is 2. The smallest absolute Gasteiger partial charge is 0.240 e. The number of aryl methyl sites for hydroxylation is 1. The molecular formula is C19H25N3O2S. The summed E-state index contributed by atoms with van der Waals surface area (Å²) in [6.07, 6.45) is 4.02. The van der Waals surface area contributed by atoms with Crippen LogP contribution in [-0.4, -0.2) is 47.2 Å². The van der Waals surface area contributed by atoms with Crippen LogP contribution in [0.15, 0.2) is 40.9 Å². The van der Waals surface area contributed by atoms with Crippen LogP contribution < -0.4 is 5.32 Å². The van der Waals surface area contributed by atoms with Crippen molar-refractivity contribution in [3.8, 4) is 11.3 Å². The lowest BCUT2D eigenvalue weighted by molar-refractivity contribution is -0.131. The second kappa shape index (κ2) is 9.06. The number of aromatic nitrogens is 1. The molecule has 5 nitrogen and oxygen atoms in total. The van der Waals surface area contributed by atoms with Crippen molar-refractivity contribution in [1.82, 2.24) is 15.4 Å². The average molecular weight is 359 g/mol. The molecule has 3 rings (SSSR count). The number of carbonyl (C=O) groups excluding carboxylic acids is 1. The Morgan fingerprint density at radius 2 is 2.16 bits per heavy atom. The van der Waals surface area contributed by atoms with Crippen molar-refractivity contribution >= 4 is 17.7 Å². The van der Waals surface area contributed by atoms with Gasteiger partial charge in [-0.3, -0.25) is 10.1 Å². The first-order chi connectivity index (χ1) is 12.2. The molecule has 1 saturated heterocycles. The van der Waals surface area contributed by atoms with Gasteiger partial charge in [-0.05, 0) is 12.8 Å². The highest BCUT2D eigenvalue weighted by Crippen LogP contribution is 2.19. The molecule has 0 saturated carbocycles. The van der Waals surface area contributed by atoms with E-state index in [1.807, 2.05) is 48.3 Å². The second-order valence-electron chi connectivity index (χ2n) is 6.39. The van der Waals surface area contributed by atoms with E-state index in [1.54, 1.807) is 11.8 Å². The molecule has 1 unspecified atom stereocenters. The number of likely N-dealkylation sites (N-methyl/N-ethyl adjacent to an activating group) is 1. The van der Waals surface area contributed by atoms with E-state index in [1.165, 1.54) is 0 Å². The fourth-order valence-electron chi connectivity index (χ4n) is 2.93. The van der Waals surface area contributed by atoms with Gasteiger partial charge in [0.2, 0.25) is 5.91 Å². The molecule has 1 N–H and O–H groups in total.